The van der Waals surface area contributed by atoms with Crippen molar-refractivity contribution < 1.29 is 9.84 Å². The standard InChI is InChI=1S/C14H28N2O2/c1-11(12-3-4-12)16(7-8-18-2)9-14(10-17)15-13-5-6-13/h11-15,17H,3-10H2,1-2H3. The van der Waals surface area contributed by atoms with Gasteiger partial charge in [-0.15, -0.1) is 0 Å². The number of nitrogens with zero attached hydrogens (tertiary/aromatic N) is 1. The Morgan fingerprint density at radius 1 is 1.33 bits per heavy atom. The summed E-state index contributed by atoms with van der Waals surface area (Å²) in [4.78, 5) is 2.48. The first-order valence-electron chi connectivity index (χ1n) is 7.34. The normalized spacial score (nSPS) is 23.3. The van der Waals surface area contributed by atoms with Crippen LogP contribution in [0.4, 0.5) is 0 Å². The van der Waals surface area contributed by atoms with Crippen LogP contribution < -0.4 is 5.32 Å². The van der Waals surface area contributed by atoms with Crippen LogP contribution in [0.2, 0.25) is 0 Å². The van der Waals surface area contributed by atoms with Gasteiger partial charge in [0.05, 0.1) is 13.2 Å². The molecule has 0 aromatic carbocycles. The Morgan fingerprint density at radius 2 is 2.06 bits per heavy atom. The minimum absolute atomic E-state index is 0.218. The fourth-order valence-corrected chi connectivity index (χ4v) is 2.58. The van der Waals surface area contributed by atoms with Crippen LogP contribution >= 0.6 is 0 Å². The lowest BCUT2D eigenvalue weighted by molar-refractivity contribution is 0.0966. The molecule has 4 heteroatoms. The Hall–Kier alpha value is -0.160. The SMILES string of the molecule is COCCN(CC(CO)NC1CC1)C(C)C1CC1. The molecule has 2 unspecified atom stereocenters. The third-order valence-electron chi connectivity index (χ3n) is 4.19. The van der Waals surface area contributed by atoms with Crippen molar-refractivity contribution in [2.75, 3.05) is 33.4 Å². The van der Waals surface area contributed by atoms with Gasteiger partial charge in [-0.2, -0.15) is 0 Å². The molecule has 106 valence electrons. The second-order valence-corrected chi connectivity index (χ2v) is 5.89. The molecule has 2 N–H and O–H groups in total. The van der Waals surface area contributed by atoms with Crippen molar-refractivity contribution in [3.05, 3.63) is 0 Å². The molecule has 0 saturated heterocycles. The van der Waals surface area contributed by atoms with E-state index in [0.717, 1.165) is 25.6 Å². The first kappa shape index (κ1) is 14.3. The number of ether oxygens (including phenoxy) is 1. The lowest BCUT2D eigenvalue weighted by Gasteiger charge is -2.32. The summed E-state index contributed by atoms with van der Waals surface area (Å²) in [7, 11) is 1.76. The van der Waals surface area contributed by atoms with E-state index in [9.17, 15) is 5.11 Å². The quantitative estimate of drug-likeness (QED) is 0.608. The van der Waals surface area contributed by atoms with Crippen LogP contribution in [0.1, 0.15) is 32.6 Å². The molecule has 2 atom stereocenters. The first-order valence-corrected chi connectivity index (χ1v) is 7.34. The molecule has 0 amide bonds. The largest absolute Gasteiger partial charge is 0.395 e. The maximum atomic E-state index is 9.49. The van der Waals surface area contributed by atoms with Gasteiger partial charge in [-0.05, 0) is 38.5 Å². The van der Waals surface area contributed by atoms with Crippen LogP contribution in [0.5, 0.6) is 0 Å². The van der Waals surface area contributed by atoms with Gasteiger partial charge in [0.2, 0.25) is 0 Å². The van der Waals surface area contributed by atoms with Gasteiger partial charge < -0.3 is 15.2 Å². The average Bonchev–Trinajstić information content (AvgIpc) is 3.25. The molecule has 4 nitrogen and oxygen atoms in total. The summed E-state index contributed by atoms with van der Waals surface area (Å²) in [5, 5.41) is 13.0. The summed E-state index contributed by atoms with van der Waals surface area (Å²) in [5.41, 5.74) is 0. The molecule has 0 aliphatic heterocycles. The Morgan fingerprint density at radius 3 is 2.56 bits per heavy atom. The summed E-state index contributed by atoms with van der Waals surface area (Å²) in [6.07, 6.45) is 5.27. The van der Waals surface area contributed by atoms with Crippen LogP contribution in [0, 0.1) is 5.92 Å². The van der Waals surface area contributed by atoms with Crippen molar-refractivity contribution in [1.29, 1.82) is 0 Å². The predicted molar refractivity (Wildman–Crippen MR) is 72.7 cm³/mol. The second kappa shape index (κ2) is 6.85. The molecule has 0 aromatic rings. The van der Waals surface area contributed by atoms with E-state index < -0.39 is 0 Å². The average molecular weight is 256 g/mol. The number of methoxy groups -OCH3 is 1. The highest BCUT2D eigenvalue weighted by molar-refractivity contribution is 4.89. The monoisotopic (exact) mass is 256 g/mol. The Balaban J connectivity index is 1.80. The smallest absolute Gasteiger partial charge is 0.0597 e. The molecule has 0 heterocycles. The zero-order chi connectivity index (χ0) is 13.0. The highest BCUT2D eigenvalue weighted by atomic mass is 16.5. The third-order valence-corrected chi connectivity index (χ3v) is 4.19. The van der Waals surface area contributed by atoms with E-state index in [2.05, 4.69) is 17.1 Å². The molecule has 0 aromatic heterocycles. The maximum absolute atomic E-state index is 9.49. The summed E-state index contributed by atoms with van der Waals surface area (Å²) in [6, 6.07) is 1.49. The molecule has 2 rings (SSSR count). The number of rotatable bonds is 10. The van der Waals surface area contributed by atoms with E-state index in [1.54, 1.807) is 7.11 Å². The summed E-state index contributed by atoms with van der Waals surface area (Å²) in [6.45, 7) is 5.24. The van der Waals surface area contributed by atoms with Crippen molar-refractivity contribution >= 4 is 0 Å². The molecular formula is C14H28N2O2. The van der Waals surface area contributed by atoms with Gasteiger partial charge in [0.1, 0.15) is 0 Å². The van der Waals surface area contributed by atoms with Gasteiger partial charge in [0, 0.05) is 38.3 Å². The van der Waals surface area contributed by atoms with Gasteiger partial charge in [-0.25, -0.2) is 0 Å². The van der Waals surface area contributed by atoms with Crippen LogP contribution in [0.3, 0.4) is 0 Å². The minimum Gasteiger partial charge on any atom is -0.395 e. The van der Waals surface area contributed by atoms with Crippen LogP contribution in [0.25, 0.3) is 0 Å². The first-order chi connectivity index (χ1) is 8.74. The van der Waals surface area contributed by atoms with Crippen molar-refractivity contribution in [1.82, 2.24) is 10.2 Å². The molecule has 2 saturated carbocycles. The predicted octanol–water partition coefficient (Wildman–Crippen LogP) is 0.846. The van der Waals surface area contributed by atoms with E-state index >= 15 is 0 Å². The fourth-order valence-electron chi connectivity index (χ4n) is 2.58. The molecule has 18 heavy (non-hydrogen) atoms. The molecule has 0 bridgehead atoms. The Labute approximate surface area is 111 Å². The summed E-state index contributed by atoms with van der Waals surface area (Å²) < 4.78 is 5.21. The minimum atomic E-state index is 0.218. The fraction of sp³-hybridized carbons (Fsp3) is 1.00. The van der Waals surface area contributed by atoms with Gasteiger partial charge in [-0.3, -0.25) is 4.90 Å². The topological polar surface area (TPSA) is 44.7 Å². The van der Waals surface area contributed by atoms with Gasteiger partial charge in [0.25, 0.3) is 0 Å². The Bertz CT molecular complexity index is 242. The highest BCUT2D eigenvalue weighted by Gasteiger charge is 2.33. The second-order valence-electron chi connectivity index (χ2n) is 5.89. The number of aliphatic hydroxyl groups is 1. The molecule has 2 aliphatic carbocycles. The van der Waals surface area contributed by atoms with Gasteiger partial charge in [0.15, 0.2) is 0 Å². The molecule has 0 spiro atoms. The lowest BCUT2D eigenvalue weighted by atomic mass is 10.1. The number of hydrogen-bond donors (Lipinski definition) is 2. The van der Waals surface area contributed by atoms with Gasteiger partial charge in [-0.1, -0.05) is 0 Å². The van der Waals surface area contributed by atoms with Crippen LogP contribution in [-0.4, -0.2) is 61.5 Å². The Kier molecular flexibility index (Phi) is 5.42. The summed E-state index contributed by atoms with van der Waals surface area (Å²) >= 11 is 0. The van der Waals surface area contributed by atoms with Crippen LogP contribution in [-0.2, 0) is 4.74 Å². The van der Waals surface area contributed by atoms with E-state index in [1.807, 2.05) is 0 Å². The lowest BCUT2D eigenvalue weighted by Crippen LogP contribution is -2.48. The number of hydrogen-bond acceptors (Lipinski definition) is 4. The maximum Gasteiger partial charge on any atom is 0.0597 e. The number of nitrogens with one attached hydrogen (secondary N) is 1. The van der Waals surface area contributed by atoms with Crippen molar-refractivity contribution in [2.24, 2.45) is 5.92 Å². The van der Waals surface area contributed by atoms with Crippen molar-refractivity contribution in [2.45, 2.75) is 50.7 Å². The van der Waals surface area contributed by atoms with E-state index in [-0.39, 0.29) is 12.6 Å². The van der Waals surface area contributed by atoms with E-state index in [0.29, 0.717) is 12.1 Å². The zero-order valence-electron chi connectivity index (χ0n) is 11.8. The van der Waals surface area contributed by atoms with Crippen molar-refractivity contribution in [3.63, 3.8) is 0 Å². The summed E-state index contributed by atoms with van der Waals surface area (Å²) in [5.74, 6) is 0.863. The highest BCUT2D eigenvalue weighted by Crippen LogP contribution is 2.35. The van der Waals surface area contributed by atoms with E-state index in [4.69, 9.17) is 4.74 Å². The molecule has 2 aliphatic rings. The third kappa shape index (κ3) is 4.50. The van der Waals surface area contributed by atoms with Crippen LogP contribution in [0.15, 0.2) is 0 Å². The number of aliphatic hydroxyl groups excluding tert-OH is 1. The molecule has 0 radical (unpaired) electrons. The van der Waals surface area contributed by atoms with E-state index in [1.165, 1.54) is 25.7 Å². The van der Waals surface area contributed by atoms with Crippen molar-refractivity contribution in [3.8, 4) is 0 Å². The van der Waals surface area contributed by atoms with Gasteiger partial charge >= 0.3 is 0 Å². The molecule has 2 fully saturated rings. The zero-order valence-corrected chi connectivity index (χ0v) is 11.8. The molecular weight excluding hydrogens is 228 g/mol.